The predicted octanol–water partition coefficient (Wildman–Crippen LogP) is 4.16. The van der Waals surface area contributed by atoms with Crippen molar-refractivity contribution in [3.8, 4) is 0 Å². The summed E-state index contributed by atoms with van der Waals surface area (Å²) in [6, 6.07) is -0.759. The monoisotopic (exact) mass is 479 g/mol. The molecule has 7 nitrogen and oxygen atoms in total. The summed E-state index contributed by atoms with van der Waals surface area (Å²) in [4.78, 5) is 43.3. The number of likely N-dealkylation sites (N-methyl/N-ethyl adjacent to an activating group) is 1. The molecule has 34 heavy (non-hydrogen) atoms. The lowest BCUT2D eigenvalue weighted by atomic mass is 9.93. The van der Waals surface area contributed by atoms with Crippen LogP contribution in [0.15, 0.2) is 11.6 Å². The number of amides is 2. The second-order valence-electron chi connectivity index (χ2n) is 10.1. The Bertz CT molecular complexity index is 706. The average Bonchev–Trinajstić information content (AvgIpc) is 2.83. The molecule has 7 heteroatoms. The highest BCUT2D eigenvalue weighted by Gasteiger charge is 2.36. The van der Waals surface area contributed by atoms with E-state index in [0.29, 0.717) is 18.2 Å². The number of hydrogen-bond donors (Lipinski definition) is 1. The van der Waals surface area contributed by atoms with Crippen molar-refractivity contribution < 1.29 is 19.1 Å². The smallest absolute Gasteiger partial charge is 0.333 e. The molecule has 1 aliphatic heterocycles. The Balaban J connectivity index is 3.13. The number of rotatable bonds is 12. The maximum atomic E-state index is 13.7. The zero-order valence-electron chi connectivity index (χ0n) is 23.0. The van der Waals surface area contributed by atoms with Crippen LogP contribution in [0.3, 0.4) is 0 Å². The van der Waals surface area contributed by atoms with E-state index in [1.807, 2.05) is 33.8 Å². The van der Waals surface area contributed by atoms with Gasteiger partial charge in [-0.1, -0.05) is 53.5 Å². The minimum absolute atomic E-state index is 0.0116. The number of hydrogen-bond acceptors (Lipinski definition) is 5. The molecule has 0 saturated carbocycles. The van der Waals surface area contributed by atoms with Gasteiger partial charge in [0, 0.05) is 18.7 Å². The van der Waals surface area contributed by atoms with E-state index < -0.39 is 6.04 Å². The normalized spacial score (nSPS) is 20.9. The maximum Gasteiger partial charge on any atom is 0.333 e. The topological polar surface area (TPSA) is 79.0 Å². The van der Waals surface area contributed by atoms with Crippen molar-refractivity contribution >= 4 is 17.8 Å². The Kier molecular flexibility index (Phi) is 12.9. The van der Waals surface area contributed by atoms with Crippen molar-refractivity contribution in [1.29, 1.82) is 0 Å². The Labute approximate surface area is 207 Å². The molecule has 1 saturated heterocycles. The van der Waals surface area contributed by atoms with Gasteiger partial charge in [0.15, 0.2) is 0 Å². The highest BCUT2D eigenvalue weighted by Crippen LogP contribution is 2.23. The number of piperidine rings is 1. The summed E-state index contributed by atoms with van der Waals surface area (Å²) in [6.07, 6.45) is 6.52. The van der Waals surface area contributed by atoms with Gasteiger partial charge in [0.25, 0.3) is 0 Å². The highest BCUT2D eigenvalue weighted by atomic mass is 16.5. The summed E-state index contributed by atoms with van der Waals surface area (Å²) in [7, 11) is 1.76. The number of nitrogens with one attached hydrogen (secondary N) is 1. The first-order valence-electron chi connectivity index (χ1n) is 13.2. The van der Waals surface area contributed by atoms with Gasteiger partial charge in [0.05, 0.1) is 18.7 Å². The van der Waals surface area contributed by atoms with Crippen LogP contribution in [0.5, 0.6) is 0 Å². The van der Waals surface area contributed by atoms with Crippen LogP contribution in [-0.2, 0) is 19.1 Å². The van der Waals surface area contributed by atoms with Crippen molar-refractivity contribution in [3.63, 3.8) is 0 Å². The summed E-state index contributed by atoms with van der Waals surface area (Å²) >= 11 is 0. The van der Waals surface area contributed by atoms with Gasteiger partial charge in [-0.05, 0) is 58.4 Å². The van der Waals surface area contributed by atoms with Crippen LogP contribution in [0.4, 0.5) is 0 Å². The molecule has 1 heterocycles. The molecule has 0 aromatic carbocycles. The fraction of sp³-hybridized carbons (Fsp3) is 0.815. The van der Waals surface area contributed by atoms with E-state index in [-0.39, 0.29) is 41.7 Å². The van der Waals surface area contributed by atoms with Gasteiger partial charge in [-0.25, -0.2) is 4.79 Å². The molecule has 0 aromatic heterocycles. The van der Waals surface area contributed by atoms with Crippen molar-refractivity contribution in [3.05, 3.63) is 11.6 Å². The van der Waals surface area contributed by atoms with E-state index in [1.165, 1.54) is 0 Å². The molecule has 1 rings (SSSR count). The lowest BCUT2D eigenvalue weighted by Crippen LogP contribution is -2.59. The van der Waals surface area contributed by atoms with Crippen LogP contribution in [0.2, 0.25) is 0 Å². The molecule has 0 spiro atoms. The number of likely N-dealkylation sites (tertiary alicyclic amines) is 1. The molecule has 1 fully saturated rings. The van der Waals surface area contributed by atoms with Crippen molar-refractivity contribution in [2.45, 2.75) is 112 Å². The summed E-state index contributed by atoms with van der Waals surface area (Å²) in [5, 5.41) is 3.13. The average molecular weight is 480 g/mol. The highest BCUT2D eigenvalue weighted by molar-refractivity contribution is 5.91. The minimum atomic E-state index is -0.610. The fourth-order valence-corrected chi connectivity index (χ4v) is 4.62. The van der Waals surface area contributed by atoms with E-state index >= 15 is 0 Å². The van der Waals surface area contributed by atoms with Crippen molar-refractivity contribution in [2.24, 2.45) is 11.8 Å². The first-order valence-corrected chi connectivity index (χ1v) is 13.2. The van der Waals surface area contributed by atoms with E-state index in [9.17, 15) is 14.4 Å². The largest absolute Gasteiger partial charge is 0.463 e. The molecule has 0 radical (unpaired) electrons. The Morgan fingerprint density at radius 2 is 1.74 bits per heavy atom. The van der Waals surface area contributed by atoms with E-state index in [0.717, 1.165) is 38.6 Å². The number of nitrogens with zero attached hydrogens (tertiary/aromatic N) is 2. The number of esters is 1. The van der Waals surface area contributed by atoms with E-state index in [1.54, 1.807) is 25.8 Å². The Morgan fingerprint density at radius 3 is 2.26 bits per heavy atom. The Morgan fingerprint density at radius 1 is 1.09 bits per heavy atom. The standard InChI is InChI=1S/C27H49N3O4/c1-10-19(6)24(28-25(31)22-15-13-14-16-30(22)21(8)11-2)26(32)29(9)23(18(4)5)17-20(7)27(33)34-12-3/h17-19,21-24H,10-16H2,1-9H3,(H,28,31)/b20-17+. The Hall–Kier alpha value is -1.89. The molecule has 0 bridgehead atoms. The van der Waals surface area contributed by atoms with Crippen molar-refractivity contribution in [1.82, 2.24) is 15.1 Å². The second-order valence-corrected chi connectivity index (χ2v) is 10.1. The zero-order valence-corrected chi connectivity index (χ0v) is 23.0. The summed E-state index contributed by atoms with van der Waals surface area (Å²) in [5.74, 6) is -0.469. The molecule has 1 aliphatic rings. The third-order valence-corrected chi connectivity index (χ3v) is 7.28. The number of carbonyl (C=O) groups excluding carboxylic acids is 3. The zero-order chi connectivity index (χ0) is 26.0. The van der Waals surface area contributed by atoms with Gasteiger partial charge in [0.2, 0.25) is 11.8 Å². The van der Waals surface area contributed by atoms with Crippen molar-refractivity contribution in [2.75, 3.05) is 20.2 Å². The predicted molar refractivity (Wildman–Crippen MR) is 137 cm³/mol. The van der Waals surface area contributed by atoms with Gasteiger partial charge in [-0.3, -0.25) is 14.5 Å². The number of ether oxygens (including phenoxy) is 1. The molecule has 2 amide bonds. The molecule has 5 unspecified atom stereocenters. The molecule has 196 valence electrons. The lowest BCUT2D eigenvalue weighted by Gasteiger charge is -2.40. The van der Waals surface area contributed by atoms with Gasteiger partial charge in [-0.2, -0.15) is 0 Å². The molecule has 5 atom stereocenters. The van der Waals surface area contributed by atoms with Gasteiger partial charge in [0.1, 0.15) is 6.04 Å². The molecule has 0 aliphatic carbocycles. The lowest BCUT2D eigenvalue weighted by molar-refractivity contribution is -0.141. The van der Waals surface area contributed by atoms with Crippen LogP contribution in [0.25, 0.3) is 0 Å². The summed E-state index contributed by atoms with van der Waals surface area (Å²) in [6.45, 7) is 17.1. The minimum Gasteiger partial charge on any atom is -0.463 e. The summed E-state index contributed by atoms with van der Waals surface area (Å²) in [5.41, 5.74) is 0.482. The molecule has 1 N–H and O–H groups in total. The van der Waals surface area contributed by atoms with E-state index in [4.69, 9.17) is 4.74 Å². The van der Waals surface area contributed by atoms with E-state index in [2.05, 4.69) is 24.1 Å². The van der Waals surface area contributed by atoms with Gasteiger partial charge >= 0.3 is 5.97 Å². The van der Waals surface area contributed by atoms with Crippen LogP contribution in [0, 0.1) is 11.8 Å². The maximum absolute atomic E-state index is 13.7. The second kappa shape index (κ2) is 14.5. The molecular formula is C27H49N3O4. The van der Waals surface area contributed by atoms with Gasteiger partial charge < -0.3 is 15.0 Å². The SMILES string of the molecule is CCOC(=O)/C(C)=C/C(C(C)C)N(C)C(=O)C(NC(=O)C1CCCCN1C(C)CC)C(C)CC. The van der Waals surface area contributed by atoms with Crippen LogP contribution >= 0.6 is 0 Å². The van der Waals surface area contributed by atoms with Crippen LogP contribution < -0.4 is 5.32 Å². The molecule has 0 aromatic rings. The first-order chi connectivity index (χ1) is 16.0. The van der Waals surface area contributed by atoms with Gasteiger partial charge in [-0.15, -0.1) is 0 Å². The first kappa shape index (κ1) is 30.1. The summed E-state index contributed by atoms with van der Waals surface area (Å²) < 4.78 is 5.11. The quantitative estimate of drug-likeness (QED) is 0.336. The number of carbonyl (C=O) groups is 3. The third-order valence-electron chi connectivity index (χ3n) is 7.28. The van der Waals surface area contributed by atoms with Crippen LogP contribution in [0.1, 0.15) is 87.5 Å². The molecular weight excluding hydrogens is 430 g/mol. The fourth-order valence-electron chi connectivity index (χ4n) is 4.62. The van der Waals surface area contributed by atoms with Crippen LogP contribution in [-0.4, -0.2) is 72.0 Å². The third kappa shape index (κ3) is 8.10.